The van der Waals surface area contributed by atoms with E-state index in [2.05, 4.69) is 18.7 Å². The number of likely N-dealkylation sites (tertiary alicyclic amines) is 1. The van der Waals surface area contributed by atoms with Gasteiger partial charge in [-0.25, -0.2) is 0 Å². The summed E-state index contributed by atoms with van der Waals surface area (Å²) in [4.78, 5) is 2.62. The SMILES string of the molecule is CCCN1CCCC(CC(C)CN)C1. The predicted octanol–water partition coefficient (Wildman–Crippen LogP) is 2.09. The minimum atomic E-state index is 0.710. The summed E-state index contributed by atoms with van der Waals surface area (Å²) in [6, 6.07) is 0. The highest BCUT2D eigenvalue weighted by Gasteiger charge is 2.20. The topological polar surface area (TPSA) is 29.3 Å². The van der Waals surface area contributed by atoms with Gasteiger partial charge >= 0.3 is 0 Å². The van der Waals surface area contributed by atoms with Crippen LogP contribution in [0.1, 0.15) is 39.5 Å². The normalized spacial score (nSPS) is 26.4. The zero-order chi connectivity index (χ0) is 10.4. The number of hydrogen-bond donors (Lipinski definition) is 1. The molecule has 0 saturated carbocycles. The van der Waals surface area contributed by atoms with Crippen molar-refractivity contribution in [2.24, 2.45) is 17.6 Å². The molecule has 0 radical (unpaired) electrons. The fourth-order valence-corrected chi connectivity index (χ4v) is 2.53. The molecule has 2 atom stereocenters. The molecule has 1 fully saturated rings. The van der Waals surface area contributed by atoms with Crippen LogP contribution in [0.25, 0.3) is 0 Å². The van der Waals surface area contributed by atoms with Crippen LogP contribution in [0.5, 0.6) is 0 Å². The van der Waals surface area contributed by atoms with E-state index < -0.39 is 0 Å². The molecule has 1 heterocycles. The number of rotatable bonds is 5. The Morgan fingerprint density at radius 2 is 2.29 bits per heavy atom. The van der Waals surface area contributed by atoms with Gasteiger partial charge in [0.25, 0.3) is 0 Å². The maximum atomic E-state index is 5.67. The summed E-state index contributed by atoms with van der Waals surface area (Å²) < 4.78 is 0. The lowest BCUT2D eigenvalue weighted by Crippen LogP contribution is -2.36. The highest BCUT2D eigenvalue weighted by molar-refractivity contribution is 4.74. The molecule has 0 aromatic heterocycles. The minimum Gasteiger partial charge on any atom is -0.330 e. The van der Waals surface area contributed by atoms with Crippen LogP contribution in [-0.2, 0) is 0 Å². The van der Waals surface area contributed by atoms with E-state index in [4.69, 9.17) is 5.73 Å². The highest BCUT2D eigenvalue weighted by Crippen LogP contribution is 2.22. The first-order chi connectivity index (χ1) is 6.76. The van der Waals surface area contributed by atoms with E-state index >= 15 is 0 Å². The van der Waals surface area contributed by atoms with Crippen molar-refractivity contribution in [1.29, 1.82) is 0 Å². The maximum absolute atomic E-state index is 5.67. The molecule has 0 aromatic rings. The van der Waals surface area contributed by atoms with Crippen molar-refractivity contribution in [3.63, 3.8) is 0 Å². The molecule has 2 N–H and O–H groups in total. The quantitative estimate of drug-likeness (QED) is 0.733. The van der Waals surface area contributed by atoms with E-state index in [0.29, 0.717) is 5.92 Å². The van der Waals surface area contributed by atoms with E-state index in [-0.39, 0.29) is 0 Å². The Balaban J connectivity index is 2.25. The molecule has 0 bridgehead atoms. The summed E-state index contributed by atoms with van der Waals surface area (Å²) in [6.45, 7) is 9.32. The average molecular weight is 198 g/mol. The third-order valence-electron chi connectivity index (χ3n) is 3.28. The monoisotopic (exact) mass is 198 g/mol. The van der Waals surface area contributed by atoms with Crippen molar-refractivity contribution in [2.45, 2.75) is 39.5 Å². The summed E-state index contributed by atoms with van der Waals surface area (Å²) >= 11 is 0. The average Bonchev–Trinajstić information content (AvgIpc) is 2.19. The largest absolute Gasteiger partial charge is 0.330 e. The molecule has 2 heteroatoms. The number of nitrogens with two attached hydrogens (primary N) is 1. The van der Waals surface area contributed by atoms with Gasteiger partial charge in [0.2, 0.25) is 0 Å². The van der Waals surface area contributed by atoms with Gasteiger partial charge in [-0.05, 0) is 57.2 Å². The molecule has 1 rings (SSSR count). The van der Waals surface area contributed by atoms with Gasteiger partial charge in [0.15, 0.2) is 0 Å². The fraction of sp³-hybridized carbons (Fsp3) is 1.00. The first-order valence-electron chi connectivity index (χ1n) is 6.18. The zero-order valence-electron chi connectivity index (χ0n) is 9.84. The van der Waals surface area contributed by atoms with Crippen molar-refractivity contribution in [2.75, 3.05) is 26.2 Å². The Morgan fingerprint density at radius 3 is 2.93 bits per heavy atom. The van der Waals surface area contributed by atoms with E-state index in [1.165, 1.54) is 45.3 Å². The Bertz CT molecular complexity index is 145. The molecule has 0 amide bonds. The Kier molecular flexibility index (Phi) is 5.49. The van der Waals surface area contributed by atoms with Crippen LogP contribution in [-0.4, -0.2) is 31.1 Å². The van der Waals surface area contributed by atoms with E-state index in [9.17, 15) is 0 Å². The molecule has 2 nitrogen and oxygen atoms in total. The van der Waals surface area contributed by atoms with Gasteiger partial charge in [0.1, 0.15) is 0 Å². The van der Waals surface area contributed by atoms with Crippen molar-refractivity contribution in [3.05, 3.63) is 0 Å². The van der Waals surface area contributed by atoms with Gasteiger partial charge in [-0.3, -0.25) is 0 Å². The molecular formula is C12H26N2. The molecule has 0 aliphatic carbocycles. The second-order valence-corrected chi connectivity index (χ2v) is 4.89. The molecule has 1 aliphatic heterocycles. The number of hydrogen-bond acceptors (Lipinski definition) is 2. The molecular weight excluding hydrogens is 172 g/mol. The lowest BCUT2D eigenvalue weighted by molar-refractivity contribution is 0.158. The molecule has 0 aromatic carbocycles. The molecule has 1 saturated heterocycles. The summed E-state index contributed by atoms with van der Waals surface area (Å²) in [5, 5.41) is 0. The van der Waals surface area contributed by atoms with E-state index in [1.807, 2.05) is 0 Å². The molecule has 0 spiro atoms. The standard InChI is InChI=1S/C12H26N2/c1-3-6-14-7-4-5-12(10-14)8-11(2)9-13/h11-12H,3-10,13H2,1-2H3. The van der Waals surface area contributed by atoms with Crippen molar-refractivity contribution in [3.8, 4) is 0 Å². The molecule has 2 unspecified atom stereocenters. The second-order valence-electron chi connectivity index (χ2n) is 4.89. The summed E-state index contributed by atoms with van der Waals surface area (Å²) in [5.74, 6) is 1.62. The predicted molar refractivity (Wildman–Crippen MR) is 62.3 cm³/mol. The van der Waals surface area contributed by atoms with Crippen LogP contribution in [0.2, 0.25) is 0 Å². The number of nitrogens with zero attached hydrogens (tertiary/aromatic N) is 1. The van der Waals surface area contributed by atoms with E-state index in [1.54, 1.807) is 0 Å². The van der Waals surface area contributed by atoms with Gasteiger partial charge in [0, 0.05) is 6.54 Å². The maximum Gasteiger partial charge on any atom is 0.000977 e. The molecule has 84 valence electrons. The lowest BCUT2D eigenvalue weighted by atomic mass is 9.89. The highest BCUT2D eigenvalue weighted by atomic mass is 15.1. The van der Waals surface area contributed by atoms with Gasteiger partial charge in [0.05, 0.1) is 0 Å². The first kappa shape index (κ1) is 12.0. The summed E-state index contributed by atoms with van der Waals surface area (Å²) in [7, 11) is 0. The summed E-state index contributed by atoms with van der Waals surface area (Å²) in [6.07, 6.45) is 5.43. The Labute approximate surface area is 88.8 Å². The van der Waals surface area contributed by atoms with Crippen LogP contribution in [0.3, 0.4) is 0 Å². The third-order valence-corrected chi connectivity index (χ3v) is 3.28. The van der Waals surface area contributed by atoms with Gasteiger partial charge < -0.3 is 10.6 Å². The van der Waals surface area contributed by atoms with Gasteiger partial charge in [-0.2, -0.15) is 0 Å². The smallest absolute Gasteiger partial charge is 0.000977 e. The Morgan fingerprint density at radius 1 is 1.50 bits per heavy atom. The van der Waals surface area contributed by atoms with Crippen molar-refractivity contribution < 1.29 is 0 Å². The van der Waals surface area contributed by atoms with Crippen molar-refractivity contribution in [1.82, 2.24) is 4.90 Å². The van der Waals surface area contributed by atoms with Gasteiger partial charge in [-0.1, -0.05) is 13.8 Å². The minimum absolute atomic E-state index is 0.710. The van der Waals surface area contributed by atoms with E-state index in [0.717, 1.165) is 12.5 Å². The van der Waals surface area contributed by atoms with Crippen LogP contribution in [0, 0.1) is 11.8 Å². The van der Waals surface area contributed by atoms with Crippen LogP contribution < -0.4 is 5.73 Å². The van der Waals surface area contributed by atoms with Gasteiger partial charge in [-0.15, -0.1) is 0 Å². The lowest BCUT2D eigenvalue weighted by Gasteiger charge is -2.33. The second kappa shape index (κ2) is 6.41. The number of piperidine rings is 1. The third kappa shape index (κ3) is 3.97. The zero-order valence-corrected chi connectivity index (χ0v) is 9.84. The van der Waals surface area contributed by atoms with Crippen molar-refractivity contribution >= 4 is 0 Å². The van der Waals surface area contributed by atoms with Crippen LogP contribution >= 0.6 is 0 Å². The molecule has 14 heavy (non-hydrogen) atoms. The molecule has 1 aliphatic rings. The summed E-state index contributed by atoms with van der Waals surface area (Å²) in [5.41, 5.74) is 5.67. The first-order valence-corrected chi connectivity index (χ1v) is 6.18. The van der Waals surface area contributed by atoms with Crippen LogP contribution in [0.4, 0.5) is 0 Å². The Hall–Kier alpha value is -0.0800. The van der Waals surface area contributed by atoms with Crippen LogP contribution in [0.15, 0.2) is 0 Å². The fourth-order valence-electron chi connectivity index (χ4n) is 2.53.